The lowest BCUT2D eigenvalue weighted by atomic mass is 10.2. The molecule has 0 saturated heterocycles. The summed E-state index contributed by atoms with van der Waals surface area (Å²) in [5, 5.41) is 12.2. The normalized spacial score (nSPS) is 26.6. The number of nitrogens with one attached hydrogen (secondary N) is 1. The minimum absolute atomic E-state index is 0.104. The standard InChI is InChI=1S/C9H16N2O2/c10-9(3-4-9)8(13)11-5-7(12)6-1-2-6/h6-7,12H,1-5,10H2,(H,11,13). The number of hydrogen-bond donors (Lipinski definition) is 3. The van der Waals surface area contributed by atoms with Crippen LogP contribution >= 0.6 is 0 Å². The minimum atomic E-state index is -0.608. The van der Waals surface area contributed by atoms with Crippen molar-refractivity contribution in [3.05, 3.63) is 0 Å². The highest BCUT2D eigenvalue weighted by Gasteiger charge is 2.46. The first kappa shape index (κ1) is 8.97. The molecule has 4 heteroatoms. The molecule has 4 nitrogen and oxygen atoms in total. The molecule has 13 heavy (non-hydrogen) atoms. The van der Waals surface area contributed by atoms with E-state index >= 15 is 0 Å². The first-order valence-corrected chi connectivity index (χ1v) is 4.87. The Balaban J connectivity index is 1.69. The van der Waals surface area contributed by atoms with Crippen LogP contribution in [-0.4, -0.2) is 29.2 Å². The molecule has 4 N–H and O–H groups in total. The van der Waals surface area contributed by atoms with Crippen LogP contribution in [-0.2, 0) is 4.79 Å². The summed E-state index contributed by atoms with van der Waals surface area (Å²) in [6, 6.07) is 0. The zero-order chi connectivity index (χ0) is 9.47. The summed E-state index contributed by atoms with van der Waals surface area (Å²) in [4.78, 5) is 11.3. The molecule has 0 aliphatic heterocycles. The molecule has 0 bridgehead atoms. The molecule has 2 aliphatic carbocycles. The minimum Gasteiger partial charge on any atom is -0.391 e. The Hall–Kier alpha value is -0.610. The van der Waals surface area contributed by atoms with Crippen molar-refractivity contribution in [2.24, 2.45) is 11.7 Å². The van der Waals surface area contributed by atoms with E-state index in [-0.39, 0.29) is 12.0 Å². The van der Waals surface area contributed by atoms with Crippen molar-refractivity contribution < 1.29 is 9.90 Å². The highest BCUT2D eigenvalue weighted by molar-refractivity contribution is 5.88. The van der Waals surface area contributed by atoms with Gasteiger partial charge in [0.15, 0.2) is 0 Å². The number of rotatable bonds is 4. The number of carbonyl (C=O) groups excluding carboxylic acids is 1. The number of carbonyl (C=O) groups is 1. The van der Waals surface area contributed by atoms with Gasteiger partial charge in [-0.3, -0.25) is 4.79 Å². The van der Waals surface area contributed by atoms with Gasteiger partial charge in [0.05, 0.1) is 11.6 Å². The first-order chi connectivity index (χ1) is 6.12. The largest absolute Gasteiger partial charge is 0.391 e. The molecule has 0 spiro atoms. The number of aliphatic hydroxyl groups is 1. The summed E-state index contributed by atoms with van der Waals surface area (Å²) < 4.78 is 0. The molecule has 1 unspecified atom stereocenters. The summed E-state index contributed by atoms with van der Waals surface area (Å²) in [6.07, 6.45) is 3.36. The number of aliphatic hydroxyl groups excluding tert-OH is 1. The van der Waals surface area contributed by atoms with E-state index in [1.54, 1.807) is 0 Å². The van der Waals surface area contributed by atoms with Crippen molar-refractivity contribution in [2.45, 2.75) is 37.3 Å². The van der Waals surface area contributed by atoms with Gasteiger partial charge in [-0.25, -0.2) is 0 Å². The number of hydrogen-bond acceptors (Lipinski definition) is 3. The van der Waals surface area contributed by atoms with Crippen molar-refractivity contribution in [1.29, 1.82) is 0 Å². The zero-order valence-electron chi connectivity index (χ0n) is 7.62. The second-order valence-corrected chi connectivity index (χ2v) is 4.27. The summed E-state index contributed by atoms with van der Waals surface area (Å²) in [6.45, 7) is 0.364. The van der Waals surface area contributed by atoms with Crippen molar-refractivity contribution >= 4 is 5.91 Å². The second kappa shape index (κ2) is 2.96. The van der Waals surface area contributed by atoms with Crippen LogP contribution in [0.25, 0.3) is 0 Å². The van der Waals surface area contributed by atoms with E-state index in [1.165, 1.54) is 0 Å². The van der Waals surface area contributed by atoms with Gasteiger partial charge in [0.2, 0.25) is 5.91 Å². The van der Waals surface area contributed by atoms with Gasteiger partial charge in [-0.2, -0.15) is 0 Å². The molecule has 74 valence electrons. The Morgan fingerprint density at radius 2 is 2.23 bits per heavy atom. The third-order valence-corrected chi connectivity index (χ3v) is 2.88. The first-order valence-electron chi connectivity index (χ1n) is 4.87. The van der Waals surface area contributed by atoms with Gasteiger partial charge in [-0.1, -0.05) is 0 Å². The van der Waals surface area contributed by atoms with Gasteiger partial charge in [0.1, 0.15) is 0 Å². The molecule has 0 aromatic carbocycles. The predicted octanol–water partition coefficient (Wildman–Crippen LogP) is -0.635. The van der Waals surface area contributed by atoms with Crippen molar-refractivity contribution in [3.8, 4) is 0 Å². The Labute approximate surface area is 77.5 Å². The summed E-state index contributed by atoms with van der Waals surface area (Å²) in [5.74, 6) is 0.306. The van der Waals surface area contributed by atoms with E-state index in [1.807, 2.05) is 0 Å². The Kier molecular flexibility index (Phi) is 2.04. The number of nitrogens with two attached hydrogens (primary N) is 1. The SMILES string of the molecule is NC1(C(=O)NCC(O)C2CC2)CC1. The predicted molar refractivity (Wildman–Crippen MR) is 47.9 cm³/mol. The quantitative estimate of drug-likeness (QED) is 0.544. The summed E-state index contributed by atoms with van der Waals surface area (Å²) in [7, 11) is 0. The molecule has 0 radical (unpaired) electrons. The van der Waals surface area contributed by atoms with Gasteiger partial charge in [0.25, 0.3) is 0 Å². The molecule has 2 saturated carbocycles. The molecule has 0 aromatic rings. The van der Waals surface area contributed by atoms with Crippen LogP contribution in [0.5, 0.6) is 0 Å². The van der Waals surface area contributed by atoms with Gasteiger partial charge in [-0.05, 0) is 31.6 Å². The van der Waals surface area contributed by atoms with Crippen LogP contribution in [0.2, 0.25) is 0 Å². The topological polar surface area (TPSA) is 75.4 Å². The highest BCUT2D eigenvalue weighted by atomic mass is 16.3. The van der Waals surface area contributed by atoms with Crippen LogP contribution in [0, 0.1) is 5.92 Å². The average molecular weight is 184 g/mol. The molecule has 0 heterocycles. The van der Waals surface area contributed by atoms with Gasteiger partial charge < -0.3 is 16.2 Å². The molecular formula is C9H16N2O2. The number of amides is 1. The van der Waals surface area contributed by atoms with E-state index in [4.69, 9.17) is 5.73 Å². The van der Waals surface area contributed by atoms with E-state index in [0.717, 1.165) is 25.7 Å². The van der Waals surface area contributed by atoms with Gasteiger partial charge >= 0.3 is 0 Å². The van der Waals surface area contributed by atoms with E-state index in [0.29, 0.717) is 12.5 Å². The van der Waals surface area contributed by atoms with Crippen molar-refractivity contribution in [2.75, 3.05) is 6.54 Å². The van der Waals surface area contributed by atoms with E-state index in [2.05, 4.69) is 5.32 Å². The van der Waals surface area contributed by atoms with Gasteiger partial charge in [-0.15, -0.1) is 0 Å². The van der Waals surface area contributed by atoms with Crippen LogP contribution in [0.3, 0.4) is 0 Å². The fourth-order valence-corrected chi connectivity index (χ4v) is 1.38. The molecular weight excluding hydrogens is 168 g/mol. The Morgan fingerprint density at radius 3 is 2.69 bits per heavy atom. The smallest absolute Gasteiger partial charge is 0.240 e. The second-order valence-electron chi connectivity index (χ2n) is 4.27. The third-order valence-electron chi connectivity index (χ3n) is 2.88. The fraction of sp³-hybridized carbons (Fsp3) is 0.889. The lowest BCUT2D eigenvalue weighted by Gasteiger charge is -2.13. The van der Waals surface area contributed by atoms with Crippen LogP contribution in [0.15, 0.2) is 0 Å². The Bertz CT molecular complexity index is 222. The maximum Gasteiger partial charge on any atom is 0.240 e. The molecule has 2 aliphatic rings. The molecule has 1 amide bonds. The van der Waals surface area contributed by atoms with Crippen LogP contribution in [0.4, 0.5) is 0 Å². The van der Waals surface area contributed by atoms with E-state index < -0.39 is 5.54 Å². The summed E-state index contributed by atoms with van der Waals surface area (Å²) >= 11 is 0. The lowest BCUT2D eigenvalue weighted by Crippen LogP contribution is -2.45. The maximum atomic E-state index is 11.3. The van der Waals surface area contributed by atoms with Gasteiger partial charge in [0, 0.05) is 6.54 Å². The molecule has 2 rings (SSSR count). The third kappa shape index (κ3) is 2.00. The molecule has 1 atom stereocenters. The highest BCUT2D eigenvalue weighted by Crippen LogP contribution is 2.33. The van der Waals surface area contributed by atoms with E-state index in [9.17, 15) is 9.90 Å². The van der Waals surface area contributed by atoms with Crippen LogP contribution < -0.4 is 11.1 Å². The molecule has 2 fully saturated rings. The summed E-state index contributed by atoms with van der Waals surface area (Å²) in [5.41, 5.74) is 5.07. The average Bonchev–Trinajstić information content (AvgIpc) is 2.91. The maximum absolute atomic E-state index is 11.3. The lowest BCUT2D eigenvalue weighted by molar-refractivity contribution is -0.123. The Morgan fingerprint density at radius 1 is 1.62 bits per heavy atom. The van der Waals surface area contributed by atoms with Crippen molar-refractivity contribution in [1.82, 2.24) is 5.32 Å². The fourth-order valence-electron chi connectivity index (χ4n) is 1.38. The monoisotopic (exact) mass is 184 g/mol. The van der Waals surface area contributed by atoms with Crippen molar-refractivity contribution in [3.63, 3.8) is 0 Å². The molecule has 0 aromatic heterocycles. The van der Waals surface area contributed by atoms with Crippen LogP contribution in [0.1, 0.15) is 25.7 Å². The zero-order valence-corrected chi connectivity index (χ0v) is 7.62.